The molecule has 1 N–H and O–H groups in total. The van der Waals surface area contributed by atoms with Crippen LogP contribution < -0.4 is 5.32 Å². The minimum absolute atomic E-state index is 0.163. The molecule has 0 bridgehead atoms. The molecule has 1 unspecified atom stereocenters. The number of sulfone groups is 1. The van der Waals surface area contributed by atoms with E-state index < -0.39 is 15.6 Å². The van der Waals surface area contributed by atoms with Gasteiger partial charge in [0.2, 0.25) is 9.84 Å². The van der Waals surface area contributed by atoms with Crippen LogP contribution in [-0.2, 0) is 9.84 Å². The van der Waals surface area contributed by atoms with Crippen molar-refractivity contribution in [3.8, 4) is 0 Å². The average Bonchev–Trinajstić information content (AvgIpc) is 2.93. The van der Waals surface area contributed by atoms with Gasteiger partial charge in [-0.25, -0.2) is 8.42 Å². The SMILES string of the molecule is CC(Nc1ccccc1S(=O)(=O)C(F)F)c1cccs1. The minimum atomic E-state index is -4.61. The van der Waals surface area contributed by atoms with Crippen LogP contribution in [0.5, 0.6) is 0 Å². The monoisotopic (exact) mass is 317 g/mol. The van der Waals surface area contributed by atoms with Crippen molar-refractivity contribution < 1.29 is 17.2 Å². The highest BCUT2D eigenvalue weighted by atomic mass is 32.2. The zero-order chi connectivity index (χ0) is 14.8. The van der Waals surface area contributed by atoms with Crippen LogP contribution in [0.2, 0.25) is 0 Å². The molecule has 1 heterocycles. The lowest BCUT2D eigenvalue weighted by molar-refractivity contribution is 0.235. The van der Waals surface area contributed by atoms with Crippen molar-refractivity contribution in [1.29, 1.82) is 0 Å². The molecule has 2 rings (SSSR count). The number of anilines is 1. The van der Waals surface area contributed by atoms with Gasteiger partial charge in [-0.05, 0) is 30.5 Å². The summed E-state index contributed by atoms with van der Waals surface area (Å²) in [4.78, 5) is 0.618. The van der Waals surface area contributed by atoms with Crippen LogP contribution in [-0.4, -0.2) is 14.2 Å². The van der Waals surface area contributed by atoms with Crippen molar-refractivity contribution in [2.75, 3.05) is 5.32 Å². The summed E-state index contributed by atoms with van der Waals surface area (Å²) in [5, 5.41) is 4.87. The lowest BCUT2D eigenvalue weighted by atomic mass is 10.2. The number of rotatable bonds is 5. The quantitative estimate of drug-likeness (QED) is 0.909. The van der Waals surface area contributed by atoms with Gasteiger partial charge in [0.25, 0.3) is 0 Å². The summed E-state index contributed by atoms with van der Waals surface area (Å²) in [6.45, 7) is 1.84. The van der Waals surface area contributed by atoms with Gasteiger partial charge in [0, 0.05) is 4.88 Å². The molecule has 1 atom stereocenters. The van der Waals surface area contributed by atoms with Crippen molar-refractivity contribution in [2.45, 2.75) is 23.6 Å². The van der Waals surface area contributed by atoms with Gasteiger partial charge < -0.3 is 5.32 Å². The van der Waals surface area contributed by atoms with Crippen LogP contribution in [0.25, 0.3) is 0 Å². The summed E-state index contributed by atoms with van der Waals surface area (Å²) in [7, 11) is -4.61. The summed E-state index contributed by atoms with van der Waals surface area (Å²) < 4.78 is 48.6. The van der Waals surface area contributed by atoms with Crippen LogP contribution in [0.3, 0.4) is 0 Å². The Morgan fingerprint density at radius 1 is 1.15 bits per heavy atom. The number of para-hydroxylation sites is 1. The van der Waals surface area contributed by atoms with Crippen LogP contribution in [0, 0.1) is 0 Å². The van der Waals surface area contributed by atoms with E-state index in [-0.39, 0.29) is 16.6 Å². The molecule has 0 aliphatic rings. The van der Waals surface area contributed by atoms with E-state index in [9.17, 15) is 17.2 Å². The molecule has 108 valence electrons. The van der Waals surface area contributed by atoms with E-state index in [1.54, 1.807) is 6.07 Å². The Hall–Kier alpha value is -1.47. The molecule has 7 heteroatoms. The maximum absolute atomic E-state index is 12.7. The van der Waals surface area contributed by atoms with E-state index in [2.05, 4.69) is 5.32 Å². The van der Waals surface area contributed by atoms with Gasteiger partial charge in [0.15, 0.2) is 0 Å². The number of benzene rings is 1. The van der Waals surface area contributed by atoms with Crippen LogP contribution in [0.15, 0.2) is 46.7 Å². The third-order valence-corrected chi connectivity index (χ3v) is 5.26. The van der Waals surface area contributed by atoms with Gasteiger partial charge in [0.05, 0.1) is 16.6 Å². The second-order valence-electron chi connectivity index (χ2n) is 4.18. The third-order valence-electron chi connectivity index (χ3n) is 2.77. The standard InChI is InChI=1S/C13H13F2NO2S2/c1-9(11-6-4-8-19-11)16-10-5-2-3-7-12(10)20(17,18)13(14)15/h2-9,13,16H,1H3. The summed E-state index contributed by atoms with van der Waals surface area (Å²) in [5.74, 6) is -3.43. The van der Waals surface area contributed by atoms with Crippen LogP contribution in [0.1, 0.15) is 17.8 Å². The molecule has 0 spiro atoms. The number of hydrogen-bond acceptors (Lipinski definition) is 4. The average molecular weight is 317 g/mol. The van der Waals surface area contributed by atoms with Gasteiger partial charge in [-0.2, -0.15) is 8.78 Å². The first-order chi connectivity index (χ1) is 9.43. The molecular formula is C13H13F2NO2S2. The Bertz CT molecular complexity index is 669. The fourth-order valence-corrected chi connectivity index (χ4v) is 3.40. The lowest BCUT2D eigenvalue weighted by Gasteiger charge is -2.17. The first kappa shape index (κ1) is 14.9. The number of nitrogens with one attached hydrogen (secondary N) is 1. The molecule has 0 saturated carbocycles. The highest BCUT2D eigenvalue weighted by Gasteiger charge is 2.29. The van der Waals surface area contributed by atoms with Gasteiger partial charge in [0.1, 0.15) is 0 Å². The Morgan fingerprint density at radius 3 is 2.45 bits per heavy atom. The normalized spacial score (nSPS) is 13.4. The Kier molecular flexibility index (Phi) is 4.39. The topological polar surface area (TPSA) is 46.2 Å². The first-order valence-electron chi connectivity index (χ1n) is 5.84. The van der Waals surface area contributed by atoms with Crippen molar-refractivity contribution in [3.63, 3.8) is 0 Å². The van der Waals surface area contributed by atoms with Crippen molar-refractivity contribution in [3.05, 3.63) is 46.7 Å². The Balaban J connectivity index is 2.34. The number of thiophene rings is 1. The molecule has 0 amide bonds. The summed E-state index contributed by atoms with van der Waals surface area (Å²) in [5.41, 5.74) is 0.189. The van der Waals surface area contributed by atoms with E-state index in [1.165, 1.54) is 29.5 Å². The van der Waals surface area contributed by atoms with Gasteiger partial charge in [-0.15, -0.1) is 11.3 Å². The maximum Gasteiger partial charge on any atom is 0.341 e. The lowest BCUT2D eigenvalue weighted by Crippen LogP contribution is -2.15. The zero-order valence-electron chi connectivity index (χ0n) is 10.6. The summed E-state index contributed by atoms with van der Waals surface area (Å²) >= 11 is 1.51. The maximum atomic E-state index is 12.7. The zero-order valence-corrected chi connectivity index (χ0v) is 12.2. The highest BCUT2D eigenvalue weighted by molar-refractivity contribution is 7.91. The Labute approximate surface area is 120 Å². The minimum Gasteiger partial charge on any atom is -0.377 e. The molecule has 20 heavy (non-hydrogen) atoms. The van der Waals surface area contributed by atoms with E-state index in [1.807, 2.05) is 24.4 Å². The second-order valence-corrected chi connectivity index (χ2v) is 7.05. The molecule has 0 fully saturated rings. The van der Waals surface area contributed by atoms with Crippen molar-refractivity contribution in [2.24, 2.45) is 0 Å². The Morgan fingerprint density at radius 2 is 1.85 bits per heavy atom. The fraction of sp³-hybridized carbons (Fsp3) is 0.231. The van der Waals surface area contributed by atoms with Crippen molar-refractivity contribution in [1.82, 2.24) is 0 Å². The molecule has 1 aromatic carbocycles. The van der Waals surface area contributed by atoms with E-state index >= 15 is 0 Å². The highest BCUT2D eigenvalue weighted by Crippen LogP contribution is 2.30. The molecule has 3 nitrogen and oxygen atoms in total. The number of alkyl halides is 2. The molecule has 1 aromatic heterocycles. The molecule has 0 aliphatic carbocycles. The van der Waals surface area contributed by atoms with E-state index in [4.69, 9.17) is 0 Å². The van der Waals surface area contributed by atoms with Gasteiger partial charge >= 0.3 is 5.76 Å². The number of halogens is 2. The third kappa shape index (κ3) is 2.99. The molecule has 0 saturated heterocycles. The van der Waals surface area contributed by atoms with Crippen LogP contribution >= 0.6 is 11.3 Å². The molecular weight excluding hydrogens is 304 g/mol. The number of hydrogen-bond donors (Lipinski definition) is 1. The van der Waals surface area contributed by atoms with Crippen molar-refractivity contribution >= 4 is 26.9 Å². The van der Waals surface area contributed by atoms with E-state index in [0.29, 0.717) is 0 Å². The predicted octanol–water partition coefficient (Wildman–Crippen LogP) is 3.92. The fourth-order valence-electron chi connectivity index (χ4n) is 1.77. The van der Waals surface area contributed by atoms with Crippen LogP contribution in [0.4, 0.5) is 14.5 Å². The summed E-state index contributed by atoms with van der Waals surface area (Å²) in [6, 6.07) is 9.31. The summed E-state index contributed by atoms with van der Waals surface area (Å²) in [6.07, 6.45) is 0. The molecule has 2 aromatic rings. The predicted molar refractivity (Wildman–Crippen MR) is 76.0 cm³/mol. The largest absolute Gasteiger partial charge is 0.377 e. The van der Waals surface area contributed by atoms with Gasteiger partial charge in [-0.1, -0.05) is 18.2 Å². The van der Waals surface area contributed by atoms with Gasteiger partial charge in [-0.3, -0.25) is 0 Å². The first-order valence-corrected chi connectivity index (χ1v) is 8.26. The molecule has 0 aliphatic heterocycles. The molecule has 0 radical (unpaired) electrons. The second kappa shape index (κ2) is 5.88. The smallest absolute Gasteiger partial charge is 0.341 e. The van der Waals surface area contributed by atoms with E-state index in [0.717, 1.165) is 4.88 Å².